The molecule has 6 rings (SSSR count). The van der Waals surface area contributed by atoms with Gasteiger partial charge in [0.1, 0.15) is 6.61 Å². The Kier molecular flexibility index (Phi) is 4.83. The number of carbonyl (C=O) groups is 1. The molecule has 1 fully saturated rings. The third-order valence-corrected chi connectivity index (χ3v) is 8.76. The van der Waals surface area contributed by atoms with Crippen molar-refractivity contribution in [1.82, 2.24) is 14.2 Å². The number of hydrogen-bond donors (Lipinski definition) is 1. The first kappa shape index (κ1) is 21.7. The third-order valence-electron chi connectivity index (χ3n) is 7.10. The van der Waals surface area contributed by atoms with Crippen molar-refractivity contribution in [1.29, 1.82) is 0 Å². The van der Waals surface area contributed by atoms with Crippen LogP contribution in [0.4, 0.5) is 0 Å². The van der Waals surface area contributed by atoms with Gasteiger partial charge in [0.2, 0.25) is 5.60 Å². The first-order chi connectivity index (χ1) is 16.3. The van der Waals surface area contributed by atoms with E-state index in [9.17, 15) is 19.0 Å². The fourth-order valence-corrected chi connectivity index (χ4v) is 6.89. The van der Waals surface area contributed by atoms with E-state index in [1.54, 1.807) is 17.6 Å². The molecule has 0 aliphatic carbocycles. The van der Waals surface area contributed by atoms with Crippen molar-refractivity contribution in [2.45, 2.75) is 44.9 Å². The van der Waals surface area contributed by atoms with Gasteiger partial charge in [0, 0.05) is 29.6 Å². The molecular weight excluding hydrogens is 457 g/mol. The summed E-state index contributed by atoms with van der Waals surface area (Å²) in [5, 5.41) is 0.975. The molecule has 34 heavy (non-hydrogen) atoms. The minimum absolute atomic E-state index is 0.0398. The van der Waals surface area contributed by atoms with Gasteiger partial charge in [-0.3, -0.25) is 9.32 Å². The molecule has 0 saturated carbocycles. The van der Waals surface area contributed by atoms with E-state index in [-0.39, 0.29) is 24.2 Å². The van der Waals surface area contributed by atoms with Crippen molar-refractivity contribution in [3.05, 3.63) is 63.4 Å². The molecule has 1 unspecified atom stereocenters. The summed E-state index contributed by atoms with van der Waals surface area (Å²) in [6.45, 7) is 2.66. The molecule has 1 aromatic carbocycles. The van der Waals surface area contributed by atoms with E-state index < -0.39 is 19.3 Å². The summed E-state index contributed by atoms with van der Waals surface area (Å²) in [5.41, 5.74) is 1.32. The van der Waals surface area contributed by atoms with Gasteiger partial charge in [-0.25, -0.2) is 19.0 Å². The van der Waals surface area contributed by atoms with Crippen LogP contribution < -0.4 is 5.56 Å². The van der Waals surface area contributed by atoms with Gasteiger partial charge in [-0.2, -0.15) is 0 Å². The molecule has 0 bridgehead atoms. The largest absolute Gasteiger partial charge is 0.458 e. The molecule has 1 N–H and O–H groups in total. The summed E-state index contributed by atoms with van der Waals surface area (Å²) >= 11 is 0. The third kappa shape index (κ3) is 3.04. The number of aromatic nitrogens is 2. The van der Waals surface area contributed by atoms with Crippen LogP contribution in [0.3, 0.4) is 0 Å². The molecule has 0 spiro atoms. The number of carbonyl (C=O) groups excluding carboxylic acids is 1. The van der Waals surface area contributed by atoms with Crippen LogP contribution in [0.15, 0.2) is 41.2 Å². The van der Waals surface area contributed by atoms with Gasteiger partial charge in [0.25, 0.3) is 5.56 Å². The second-order valence-corrected chi connectivity index (χ2v) is 10.7. The number of pyridine rings is 2. The maximum atomic E-state index is 13.5. The number of rotatable bonds is 4. The molecule has 176 valence electrons. The van der Waals surface area contributed by atoms with Crippen molar-refractivity contribution in [2.24, 2.45) is 0 Å². The van der Waals surface area contributed by atoms with E-state index in [0.717, 1.165) is 29.3 Å². The summed E-state index contributed by atoms with van der Waals surface area (Å²) in [4.78, 5) is 42.2. The van der Waals surface area contributed by atoms with Crippen molar-refractivity contribution in [3.8, 4) is 11.4 Å². The maximum absolute atomic E-state index is 13.5. The summed E-state index contributed by atoms with van der Waals surface area (Å²) in [5.74, 6) is -0.759. The van der Waals surface area contributed by atoms with Gasteiger partial charge < -0.3 is 14.2 Å². The highest BCUT2D eigenvalue weighted by atomic mass is 31.2. The molecule has 5 heterocycles. The SMILES string of the molecule is CC[C@@]1(OP(=O)(O)N2CCCC2)C(=O)OCc2c1cc1n(c2=O)Cc2cc3ccccc3nc2-1. The Morgan fingerprint density at radius 1 is 1.21 bits per heavy atom. The van der Waals surface area contributed by atoms with E-state index in [2.05, 4.69) is 0 Å². The lowest BCUT2D eigenvalue weighted by atomic mass is 9.86. The molecule has 3 aliphatic heterocycles. The average Bonchev–Trinajstić information content (AvgIpc) is 3.49. The zero-order valence-electron chi connectivity index (χ0n) is 18.7. The predicted octanol–water partition coefficient (Wildman–Crippen LogP) is 3.30. The van der Waals surface area contributed by atoms with Gasteiger partial charge in [-0.05, 0) is 37.5 Å². The minimum atomic E-state index is -4.31. The zero-order chi connectivity index (χ0) is 23.7. The summed E-state index contributed by atoms with van der Waals surface area (Å²) in [6.07, 6.45) is 1.59. The van der Waals surface area contributed by atoms with Crippen LogP contribution in [0.2, 0.25) is 0 Å². The number of hydrogen-bond acceptors (Lipinski definition) is 6. The van der Waals surface area contributed by atoms with Gasteiger partial charge in [-0.15, -0.1) is 0 Å². The highest BCUT2D eigenvalue weighted by Gasteiger charge is 2.53. The second-order valence-electron chi connectivity index (χ2n) is 9.00. The highest BCUT2D eigenvalue weighted by Crippen LogP contribution is 2.56. The van der Waals surface area contributed by atoms with Crippen LogP contribution in [-0.4, -0.2) is 38.2 Å². The van der Waals surface area contributed by atoms with Crippen LogP contribution in [0.5, 0.6) is 0 Å². The highest BCUT2D eigenvalue weighted by molar-refractivity contribution is 7.50. The fraction of sp³-hybridized carbons (Fsp3) is 0.375. The number of fused-ring (bicyclic) bond motifs is 5. The van der Waals surface area contributed by atoms with Crippen LogP contribution in [0.25, 0.3) is 22.3 Å². The summed E-state index contributed by atoms with van der Waals surface area (Å²) in [6, 6.07) is 11.5. The lowest BCUT2D eigenvalue weighted by Crippen LogP contribution is -2.46. The minimum Gasteiger partial charge on any atom is -0.458 e. The number of cyclic esters (lactones) is 1. The standard InChI is InChI=1S/C24H24N3O6P/c1-2-24(33-34(30,31)26-9-5-6-10-26)18-12-20-21-16(11-15-7-3-4-8-19(15)25-21)13-27(20)22(28)17(18)14-32-23(24)29/h3-4,7-8,11-12H,2,5-6,9-10,13-14H2,1H3,(H,30,31)/t24-/m0/s1. The molecule has 0 amide bonds. The fourth-order valence-electron chi connectivity index (χ4n) is 5.28. The lowest BCUT2D eigenvalue weighted by molar-refractivity contribution is -0.170. The number of nitrogens with zero attached hydrogens (tertiary/aromatic N) is 3. The molecule has 10 heteroatoms. The topological polar surface area (TPSA) is 111 Å². The Balaban J connectivity index is 1.54. The van der Waals surface area contributed by atoms with Gasteiger partial charge in [0.15, 0.2) is 0 Å². The Morgan fingerprint density at radius 2 is 1.97 bits per heavy atom. The Hall–Kier alpha value is -2.84. The van der Waals surface area contributed by atoms with Gasteiger partial charge in [0.05, 0.1) is 29.0 Å². The van der Waals surface area contributed by atoms with Crippen molar-refractivity contribution >= 4 is 24.6 Å². The van der Waals surface area contributed by atoms with Crippen LogP contribution in [0, 0.1) is 0 Å². The molecule has 0 radical (unpaired) electrons. The number of ether oxygens (including phenoxy) is 1. The molecule has 2 aromatic heterocycles. The van der Waals surface area contributed by atoms with Crippen LogP contribution >= 0.6 is 7.75 Å². The van der Waals surface area contributed by atoms with Crippen LogP contribution in [0.1, 0.15) is 42.9 Å². The first-order valence-electron chi connectivity index (χ1n) is 11.5. The average molecular weight is 481 g/mol. The van der Waals surface area contributed by atoms with E-state index in [0.29, 0.717) is 36.6 Å². The Morgan fingerprint density at radius 3 is 2.74 bits per heavy atom. The van der Waals surface area contributed by atoms with Gasteiger partial charge >= 0.3 is 13.7 Å². The first-order valence-corrected chi connectivity index (χ1v) is 13.0. The molecule has 2 atom stereocenters. The summed E-state index contributed by atoms with van der Waals surface area (Å²) < 4.78 is 27.4. The van der Waals surface area contributed by atoms with E-state index in [4.69, 9.17) is 14.2 Å². The zero-order valence-corrected chi connectivity index (χ0v) is 19.6. The molecule has 3 aromatic rings. The molecular formula is C24H24N3O6P. The van der Waals surface area contributed by atoms with Crippen LogP contribution in [-0.2, 0) is 37.4 Å². The summed E-state index contributed by atoms with van der Waals surface area (Å²) in [7, 11) is -4.31. The smallest absolute Gasteiger partial charge is 0.407 e. The normalized spacial score (nSPS) is 23.3. The Labute approximate surface area is 195 Å². The van der Waals surface area contributed by atoms with E-state index in [1.165, 1.54) is 4.67 Å². The quantitative estimate of drug-likeness (QED) is 0.349. The second kappa shape index (κ2) is 7.58. The van der Waals surface area contributed by atoms with Crippen molar-refractivity contribution in [3.63, 3.8) is 0 Å². The Bertz CT molecular complexity index is 1460. The maximum Gasteiger partial charge on any atom is 0.407 e. The molecule has 1 saturated heterocycles. The predicted molar refractivity (Wildman–Crippen MR) is 124 cm³/mol. The number of benzene rings is 1. The number of esters is 1. The number of para-hydroxylation sites is 1. The van der Waals surface area contributed by atoms with Crippen molar-refractivity contribution < 1.29 is 23.5 Å². The molecule has 9 nitrogen and oxygen atoms in total. The van der Waals surface area contributed by atoms with E-state index in [1.807, 2.05) is 30.3 Å². The van der Waals surface area contributed by atoms with Crippen molar-refractivity contribution in [2.75, 3.05) is 13.1 Å². The molecule has 3 aliphatic rings. The van der Waals surface area contributed by atoms with E-state index >= 15 is 0 Å². The lowest BCUT2D eigenvalue weighted by Gasteiger charge is -2.38. The van der Waals surface area contributed by atoms with Gasteiger partial charge in [-0.1, -0.05) is 25.1 Å². The monoisotopic (exact) mass is 481 g/mol.